The van der Waals surface area contributed by atoms with Gasteiger partial charge in [0.2, 0.25) is 0 Å². The van der Waals surface area contributed by atoms with Gasteiger partial charge in [-0.05, 0) is 6.42 Å². The lowest BCUT2D eigenvalue weighted by molar-refractivity contribution is 0.112. The van der Waals surface area contributed by atoms with Crippen molar-refractivity contribution in [2.24, 2.45) is 0 Å². The van der Waals surface area contributed by atoms with Crippen LogP contribution in [0.1, 0.15) is 26.2 Å². The molecule has 3 heteroatoms. The van der Waals surface area contributed by atoms with Crippen LogP contribution >= 0.6 is 0 Å². The topological polar surface area (TPSA) is 35.5 Å². The lowest BCUT2D eigenvalue weighted by atomic mass is 10.3. The summed E-state index contributed by atoms with van der Waals surface area (Å²) in [5.41, 5.74) is 0. The van der Waals surface area contributed by atoms with Gasteiger partial charge in [-0.1, -0.05) is 19.3 Å². The molecule has 62 valence electrons. The van der Waals surface area contributed by atoms with Crippen LogP contribution in [-0.2, 0) is 9.47 Å². The van der Waals surface area contributed by atoms with E-state index in [0.29, 0.717) is 0 Å². The van der Waals surface area contributed by atoms with Gasteiger partial charge in [-0.2, -0.15) is 0 Å². The maximum Gasteiger partial charge on any atom is 0.522 e. The number of unbranched alkanes of at least 4 members (excludes halogenated alkanes) is 2. The Hall–Kier alpha value is -1.17. The zero-order valence-electron chi connectivity index (χ0n) is 6.85. The van der Waals surface area contributed by atoms with Gasteiger partial charge in [-0.15, -0.1) is 0 Å². The van der Waals surface area contributed by atoms with Gasteiger partial charge in [-0.25, -0.2) is 4.79 Å². The molecule has 0 spiro atoms. The van der Waals surface area contributed by atoms with E-state index in [4.69, 9.17) is 0 Å². The number of hydrogen-bond acceptors (Lipinski definition) is 3. The number of carbonyl (C=O) groups is 1. The monoisotopic (exact) mass is 156 g/mol. The number of carbonyl (C=O) groups excluding carboxylic acids is 1. The summed E-state index contributed by atoms with van der Waals surface area (Å²) >= 11 is 0. The summed E-state index contributed by atoms with van der Waals surface area (Å²) in [4.78, 5) is 10.3. The van der Waals surface area contributed by atoms with E-state index in [1.54, 1.807) is 0 Å². The van der Waals surface area contributed by atoms with Gasteiger partial charge in [0.25, 0.3) is 0 Å². The van der Waals surface area contributed by atoms with Crippen LogP contribution in [0.3, 0.4) is 0 Å². The highest BCUT2D eigenvalue weighted by Crippen LogP contribution is 1.90. The highest BCUT2D eigenvalue weighted by atomic mass is 16.7. The third-order valence-electron chi connectivity index (χ3n) is 1.03. The molecule has 0 saturated carbocycles. The molecule has 0 saturated heterocycles. The third kappa shape index (κ3) is 6.72. The maximum absolute atomic E-state index is 10.3. The van der Waals surface area contributed by atoms with Crippen LogP contribution in [0.5, 0.6) is 0 Å². The molecule has 0 radical (unpaired) electrons. The zero-order valence-corrected chi connectivity index (χ0v) is 6.85. The standard InChI is InChI=1S/C8H12O3/c1-3-4-5-6-7-11-8(9)10-2/h3-5H2,1-2H3. The first-order valence-electron chi connectivity index (χ1n) is 3.54. The second-order valence-electron chi connectivity index (χ2n) is 1.94. The predicted molar refractivity (Wildman–Crippen MR) is 40.8 cm³/mol. The van der Waals surface area contributed by atoms with Crippen molar-refractivity contribution in [1.82, 2.24) is 0 Å². The van der Waals surface area contributed by atoms with Gasteiger partial charge < -0.3 is 9.47 Å². The molecular weight excluding hydrogens is 144 g/mol. The molecule has 0 aliphatic carbocycles. The Morgan fingerprint density at radius 1 is 1.55 bits per heavy atom. The van der Waals surface area contributed by atoms with Crippen LogP contribution in [0.4, 0.5) is 4.79 Å². The Morgan fingerprint density at radius 2 is 2.27 bits per heavy atom. The summed E-state index contributed by atoms with van der Waals surface area (Å²) in [6, 6.07) is 0. The first kappa shape index (κ1) is 9.83. The first-order chi connectivity index (χ1) is 5.31. The number of methoxy groups -OCH3 is 1. The van der Waals surface area contributed by atoms with Gasteiger partial charge >= 0.3 is 6.16 Å². The van der Waals surface area contributed by atoms with Crippen molar-refractivity contribution < 1.29 is 14.3 Å². The number of rotatable bonds is 2. The summed E-state index contributed by atoms with van der Waals surface area (Å²) in [7, 11) is 1.25. The van der Waals surface area contributed by atoms with Crippen LogP contribution in [0.25, 0.3) is 0 Å². The Bertz CT molecular complexity index is 164. The third-order valence-corrected chi connectivity index (χ3v) is 1.03. The van der Waals surface area contributed by atoms with Crippen LogP contribution < -0.4 is 0 Å². The highest BCUT2D eigenvalue weighted by molar-refractivity contribution is 5.60. The molecule has 0 amide bonds. The Balaban J connectivity index is 3.32. The number of hydrogen-bond donors (Lipinski definition) is 0. The van der Waals surface area contributed by atoms with Gasteiger partial charge in [0.05, 0.1) is 7.11 Å². The fourth-order valence-corrected chi connectivity index (χ4v) is 0.436. The molecular formula is C8H12O3. The van der Waals surface area contributed by atoms with Crippen molar-refractivity contribution in [3.05, 3.63) is 0 Å². The van der Waals surface area contributed by atoms with Gasteiger partial charge in [0, 0.05) is 6.42 Å². The average molecular weight is 156 g/mol. The van der Waals surface area contributed by atoms with E-state index < -0.39 is 6.16 Å². The Kier molecular flexibility index (Phi) is 6.20. The van der Waals surface area contributed by atoms with Crippen molar-refractivity contribution in [3.8, 4) is 12.0 Å². The van der Waals surface area contributed by atoms with Crippen molar-refractivity contribution in [2.45, 2.75) is 26.2 Å². The summed E-state index contributed by atoms with van der Waals surface area (Å²) < 4.78 is 8.51. The smallest absolute Gasteiger partial charge is 0.437 e. The molecule has 0 unspecified atom stereocenters. The van der Waals surface area contributed by atoms with Crippen LogP contribution in [0.15, 0.2) is 0 Å². The molecule has 0 heterocycles. The molecule has 0 fully saturated rings. The molecule has 0 atom stereocenters. The van der Waals surface area contributed by atoms with Crippen LogP contribution in [0, 0.1) is 12.0 Å². The minimum Gasteiger partial charge on any atom is -0.437 e. The van der Waals surface area contributed by atoms with E-state index in [1.165, 1.54) is 7.11 Å². The first-order valence-corrected chi connectivity index (χ1v) is 3.54. The quantitative estimate of drug-likeness (QED) is 0.348. The van der Waals surface area contributed by atoms with Crippen molar-refractivity contribution in [3.63, 3.8) is 0 Å². The Morgan fingerprint density at radius 3 is 2.82 bits per heavy atom. The fraction of sp³-hybridized carbons (Fsp3) is 0.625. The largest absolute Gasteiger partial charge is 0.522 e. The summed E-state index contributed by atoms with van der Waals surface area (Å²) in [5, 5.41) is 0. The van der Waals surface area contributed by atoms with Crippen LogP contribution in [-0.4, -0.2) is 13.3 Å². The molecule has 0 bridgehead atoms. The molecule has 11 heavy (non-hydrogen) atoms. The molecule has 0 aromatic heterocycles. The second-order valence-corrected chi connectivity index (χ2v) is 1.94. The van der Waals surface area contributed by atoms with E-state index in [-0.39, 0.29) is 0 Å². The van der Waals surface area contributed by atoms with Crippen molar-refractivity contribution in [2.75, 3.05) is 7.11 Å². The molecule has 0 aromatic rings. The Labute approximate surface area is 66.7 Å². The second kappa shape index (κ2) is 6.94. The number of ether oxygens (including phenoxy) is 2. The molecule has 0 N–H and O–H groups in total. The molecule has 0 rings (SSSR count). The van der Waals surface area contributed by atoms with Gasteiger partial charge in [-0.3, -0.25) is 0 Å². The highest BCUT2D eigenvalue weighted by Gasteiger charge is 1.93. The van der Waals surface area contributed by atoms with Crippen molar-refractivity contribution in [1.29, 1.82) is 0 Å². The van der Waals surface area contributed by atoms with Crippen molar-refractivity contribution >= 4 is 6.16 Å². The normalized spacial score (nSPS) is 7.82. The molecule has 0 aliphatic heterocycles. The SMILES string of the molecule is CCCCC#COC(=O)OC. The van der Waals surface area contributed by atoms with E-state index >= 15 is 0 Å². The zero-order chi connectivity index (χ0) is 8.53. The van der Waals surface area contributed by atoms with Gasteiger partial charge in [0.15, 0.2) is 0 Å². The fourth-order valence-electron chi connectivity index (χ4n) is 0.436. The average Bonchev–Trinajstić information content (AvgIpc) is 2.04. The molecule has 3 nitrogen and oxygen atoms in total. The minimum absolute atomic E-state index is 0.756. The van der Waals surface area contributed by atoms with E-state index in [9.17, 15) is 4.79 Å². The molecule has 0 aliphatic rings. The van der Waals surface area contributed by atoms with E-state index in [0.717, 1.165) is 19.3 Å². The predicted octanol–water partition coefficient (Wildman–Crippen LogP) is 1.92. The summed E-state index contributed by atoms with van der Waals surface area (Å²) in [6.45, 7) is 2.07. The summed E-state index contributed by atoms with van der Waals surface area (Å²) in [6.07, 6.45) is 4.36. The minimum atomic E-state index is -0.756. The lowest BCUT2D eigenvalue weighted by Crippen LogP contribution is -1.98. The van der Waals surface area contributed by atoms with E-state index in [1.807, 2.05) is 0 Å². The van der Waals surface area contributed by atoms with Gasteiger partial charge in [0.1, 0.15) is 6.11 Å². The lowest BCUT2D eigenvalue weighted by Gasteiger charge is -1.89. The van der Waals surface area contributed by atoms with Crippen LogP contribution in [0.2, 0.25) is 0 Å². The summed E-state index contributed by atoms with van der Waals surface area (Å²) in [5.74, 6) is 2.68. The maximum atomic E-state index is 10.3. The van der Waals surface area contributed by atoms with E-state index in [2.05, 4.69) is 28.4 Å². The molecule has 0 aromatic carbocycles.